The van der Waals surface area contributed by atoms with Crippen LogP contribution in [0.25, 0.3) is 0 Å². The molecule has 0 aliphatic rings. The van der Waals surface area contributed by atoms with Crippen LogP contribution < -0.4 is 17.2 Å². The van der Waals surface area contributed by atoms with Crippen LogP contribution in [0, 0.1) is 62.0 Å². The van der Waals surface area contributed by atoms with Crippen LogP contribution in [-0.2, 0) is 26.1 Å². The molecule has 8 aromatic carbocycles. The molecule has 0 amide bonds. The predicted octanol–water partition coefficient (Wildman–Crippen LogP) is 17.2. The zero-order valence-corrected chi connectivity index (χ0v) is 61.4. The number of aliphatic hydroxyl groups is 4. The molecule has 0 saturated carbocycles. The smallest absolute Gasteiger partial charge is 0.164 e. The molecule has 0 aromatic heterocycles. The topological polar surface area (TPSA) is 317 Å². The highest BCUT2D eigenvalue weighted by Gasteiger charge is 2.18. The molecule has 0 aliphatic heterocycles. The number of aliphatic imine (C=N–C) groups is 3. The molecular weight excluding hydrogens is 1470 g/mol. The summed E-state index contributed by atoms with van der Waals surface area (Å²) in [7, 11) is 0. The summed E-state index contributed by atoms with van der Waals surface area (Å²) in [5.41, 5.74) is 21.1. The van der Waals surface area contributed by atoms with Crippen LogP contribution in [0.2, 0.25) is 0 Å². The number of phenolic OH excluding ortho intramolecular Hbond substituents is 6. The number of rotatable bonds is 16. The van der Waals surface area contributed by atoms with Gasteiger partial charge in [0, 0.05) is 31.3 Å². The van der Waals surface area contributed by atoms with Crippen molar-refractivity contribution in [3.05, 3.63) is 245 Å². The molecule has 0 fully saturated rings. The Balaban J connectivity index is 0.000000572. The third-order valence-corrected chi connectivity index (χ3v) is 14.9. The third-order valence-electron chi connectivity index (χ3n) is 13.5. The van der Waals surface area contributed by atoms with Gasteiger partial charge in [-0.05, 0) is 198 Å². The zero-order chi connectivity index (χ0) is 76.1. The van der Waals surface area contributed by atoms with Crippen molar-refractivity contribution < 1.29 is 81.8 Å². The Labute approximate surface area is 603 Å². The fourth-order valence-electron chi connectivity index (χ4n) is 7.87. The summed E-state index contributed by atoms with van der Waals surface area (Å²) in [6.45, 7) is 21.7. The SMILES string of the molecule is CC(C)C(O)c1ccc([18F])cc1.CC(C)[C@H](O)c1cc(O)ccc1[18F].CC(C)[C@H](O)c1ccc([18F])c(O)c1.CC(N)=NCc1ccc([18F])c(I)c1.CC(N)=NCc1ccc([18F])cc1.CC(N)=NCc1cccc([76Br])c1.CCCc1cc(O)c(O)cc1[18F].CC[C@H](O)c1cc(O)c(O)cc1[18F]. The van der Waals surface area contributed by atoms with E-state index in [1.165, 1.54) is 60.7 Å². The van der Waals surface area contributed by atoms with Crippen LogP contribution in [0.5, 0.6) is 34.5 Å². The average molecular weight is 1570 g/mol. The number of hydrogen-bond acceptors (Lipinski definition) is 13. The summed E-state index contributed by atoms with van der Waals surface area (Å²) < 4.78 is 91.1. The number of hydrogen-bond donors (Lipinski definition) is 13. The van der Waals surface area contributed by atoms with Gasteiger partial charge in [-0.15, -0.1) is 0 Å². The van der Waals surface area contributed by atoms with Crippen molar-refractivity contribution in [3.8, 4) is 34.5 Å². The molecule has 100 heavy (non-hydrogen) atoms. The van der Waals surface area contributed by atoms with E-state index in [9.17, 15) is 51.2 Å². The average Bonchev–Trinajstić information content (AvgIpc) is 0.876. The van der Waals surface area contributed by atoms with Gasteiger partial charge in [-0.25, -0.2) is 30.7 Å². The summed E-state index contributed by atoms with van der Waals surface area (Å²) >= 11 is 5.34. The van der Waals surface area contributed by atoms with Gasteiger partial charge < -0.3 is 68.3 Å². The number of nitrogens with zero attached hydrogens (tertiary/aromatic N) is 3. The zero-order valence-electron chi connectivity index (χ0n) is 57.7. The minimum atomic E-state index is -0.952. The van der Waals surface area contributed by atoms with Crippen molar-refractivity contribution in [1.29, 1.82) is 0 Å². The number of aliphatic hydroxyl groups excluding tert-OH is 4. The molecular formula is C75H93BrF7IN6O10. The largest absolute Gasteiger partial charge is 0.508 e. The van der Waals surface area contributed by atoms with Gasteiger partial charge in [-0.3, -0.25) is 15.0 Å². The summed E-state index contributed by atoms with van der Waals surface area (Å²) in [6.07, 6.45) is -1.25. The van der Waals surface area contributed by atoms with Gasteiger partial charge in [0.05, 0.1) is 61.6 Å². The Morgan fingerprint density at radius 2 is 0.860 bits per heavy atom. The molecule has 16 N–H and O–H groups in total. The second-order valence-corrected chi connectivity index (χ2v) is 25.5. The first-order valence-corrected chi connectivity index (χ1v) is 33.3. The Kier molecular flexibility index (Phi) is 41.9. The minimum absolute atomic E-state index is 0.00204. The molecule has 0 aliphatic carbocycles. The van der Waals surface area contributed by atoms with Crippen molar-refractivity contribution in [1.82, 2.24) is 0 Å². The lowest BCUT2D eigenvalue weighted by Gasteiger charge is -2.15. The Hall–Kier alpha value is -8.47. The summed E-state index contributed by atoms with van der Waals surface area (Å²) in [5.74, 6) is -3.27. The third kappa shape index (κ3) is 35.5. The lowest BCUT2D eigenvalue weighted by molar-refractivity contribution is 0.122. The predicted molar refractivity (Wildman–Crippen MR) is 393 cm³/mol. The molecule has 8 rings (SSSR count). The van der Waals surface area contributed by atoms with E-state index in [0.717, 1.165) is 63.5 Å². The fourth-order valence-corrected chi connectivity index (χ4v) is 8.90. The van der Waals surface area contributed by atoms with E-state index in [-0.39, 0.29) is 57.8 Å². The van der Waals surface area contributed by atoms with E-state index in [0.29, 0.717) is 64.7 Å². The second kappa shape index (κ2) is 46.8. The highest BCUT2D eigenvalue weighted by molar-refractivity contribution is 14.1. The van der Waals surface area contributed by atoms with E-state index in [2.05, 4.69) is 30.9 Å². The first kappa shape index (κ1) is 89.5. The normalized spacial score (nSPS) is 12.3. The number of aromatic hydroxyl groups is 6. The first-order valence-electron chi connectivity index (χ1n) is 31.4. The lowest BCUT2D eigenvalue weighted by atomic mass is 9.98. The maximum atomic E-state index is 13.1. The molecule has 0 bridgehead atoms. The van der Waals surface area contributed by atoms with Gasteiger partial charge in [-0.2, -0.15) is 0 Å². The molecule has 4 atom stereocenters. The van der Waals surface area contributed by atoms with E-state index >= 15 is 0 Å². The molecule has 546 valence electrons. The van der Waals surface area contributed by atoms with Crippen molar-refractivity contribution in [2.24, 2.45) is 49.9 Å². The van der Waals surface area contributed by atoms with Crippen LogP contribution in [0.4, 0.5) is 30.7 Å². The molecule has 0 radical (unpaired) electrons. The van der Waals surface area contributed by atoms with Crippen molar-refractivity contribution >= 4 is 56.0 Å². The highest BCUT2D eigenvalue weighted by atomic mass is 127. The van der Waals surface area contributed by atoms with Crippen LogP contribution >= 0.6 is 38.5 Å². The van der Waals surface area contributed by atoms with Crippen LogP contribution in [0.1, 0.15) is 158 Å². The van der Waals surface area contributed by atoms with Gasteiger partial charge in [-0.1, -0.05) is 126 Å². The molecule has 25 heteroatoms. The molecule has 8 aromatic rings. The quantitative estimate of drug-likeness (QED) is 0.0141. The van der Waals surface area contributed by atoms with Crippen LogP contribution in [0.3, 0.4) is 0 Å². The number of nitrogens with two attached hydrogens (primary N) is 3. The van der Waals surface area contributed by atoms with E-state index in [1.807, 2.05) is 81.5 Å². The van der Waals surface area contributed by atoms with Gasteiger partial charge in [0.25, 0.3) is 0 Å². The lowest BCUT2D eigenvalue weighted by Crippen LogP contribution is -2.07. The molecule has 0 spiro atoms. The monoisotopic (exact) mass is 1570 g/mol. The summed E-state index contributed by atoms with van der Waals surface area (Å²) in [5, 5.41) is 92.0. The molecule has 0 heterocycles. The first-order chi connectivity index (χ1) is 46.8. The number of phenols is 6. The summed E-state index contributed by atoms with van der Waals surface area (Å²) in [6, 6.07) is 36.6. The van der Waals surface area contributed by atoms with Gasteiger partial charge in [0.1, 0.15) is 40.7 Å². The second-order valence-electron chi connectivity index (χ2n) is 23.4. The van der Waals surface area contributed by atoms with Crippen LogP contribution in [0.15, 0.2) is 171 Å². The minimum Gasteiger partial charge on any atom is -0.508 e. The number of amidine groups is 3. The molecule has 1 unspecified atom stereocenters. The summed E-state index contributed by atoms with van der Waals surface area (Å²) in [4.78, 5) is 12.1. The number of aryl methyl sites for hydroxylation is 1. The number of halogens is 9. The maximum absolute atomic E-state index is 13.1. The standard InChI is InChI=1S/2C10H13FO2.C10H13FO.C9H11BrN2.C9H10FIN2.C9H11FN2.C9H11FO3.C9H11FO2/c1-6(2)10(13)8-5-7(12)3-4-9(8)11;1-6(2)10(13)7-3-4-8(11)9(12)5-7;1-7(2)10(12)8-3-5-9(11)6-4-8;1-7(11)12-6-8-3-2-4-9(10)5-8;1-6(12)13-5-7-2-3-8(10)9(11)4-7;1-7(11)12-6-8-2-4-9(10)5-3-8;1-2-7(11)5-3-8(12)9(13)4-6(5)10;1-2-3-6-4-8(11)9(12)5-7(6)10/h2*3-6,10,12-13H,1-2H3;3-7,10,12H,1-2H3;2-5H,6H2,1H3,(H2,11,12);2-4H,5H2,1H3,(H2,12,13);2-5H,6H2,1H3,(H2,11,12);3-4,7,11-13H,2H2,1H3;4-5,11-12H,2-3H2,1H3/t2*10-;;;;;7-;/m00....0./s1/i3*11-1;10-4;4*10-1. The van der Waals surface area contributed by atoms with Crippen molar-refractivity contribution in [2.75, 3.05) is 0 Å². The van der Waals surface area contributed by atoms with E-state index in [4.69, 9.17) is 47.8 Å². The molecule has 16 nitrogen and oxygen atoms in total. The van der Waals surface area contributed by atoms with E-state index < -0.39 is 70.7 Å². The molecule has 0 saturated heterocycles. The maximum Gasteiger partial charge on any atom is 0.164 e. The van der Waals surface area contributed by atoms with Crippen molar-refractivity contribution in [3.63, 3.8) is 0 Å². The Morgan fingerprint density at radius 3 is 1.33 bits per heavy atom. The van der Waals surface area contributed by atoms with Gasteiger partial charge in [0.15, 0.2) is 34.6 Å². The fraction of sp³-hybridized carbons (Fsp3) is 0.320. The van der Waals surface area contributed by atoms with Gasteiger partial charge in [0.2, 0.25) is 0 Å². The number of benzene rings is 8. The van der Waals surface area contributed by atoms with Gasteiger partial charge >= 0.3 is 0 Å². The van der Waals surface area contributed by atoms with E-state index in [1.54, 1.807) is 77.9 Å². The Morgan fingerprint density at radius 1 is 0.430 bits per heavy atom. The highest BCUT2D eigenvalue weighted by Crippen LogP contribution is 2.33. The van der Waals surface area contributed by atoms with Crippen molar-refractivity contribution in [2.45, 2.75) is 139 Å². The van der Waals surface area contributed by atoms with Crippen LogP contribution in [-0.4, -0.2) is 68.6 Å². The Bertz CT molecular complexity index is 3820.